The lowest BCUT2D eigenvalue weighted by Gasteiger charge is -2.23. The maximum Gasteiger partial charge on any atom is 0.241 e. The highest BCUT2D eigenvalue weighted by atomic mass is 28.3. The average molecular weight is 462 g/mol. The average Bonchev–Trinajstić information content (AvgIpc) is 3.05. The van der Waals surface area contributed by atoms with Gasteiger partial charge in [-0.05, 0) is 25.8 Å². The van der Waals surface area contributed by atoms with Crippen LogP contribution in [0.5, 0.6) is 0 Å². The Morgan fingerprint density at radius 1 is 1.28 bits per heavy atom. The molecule has 8 nitrogen and oxygen atoms in total. The summed E-state index contributed by atoms with van der Waals surface area (Å²) >= 11 is 0. The summed E-state index contributed by atoms with van der Waals surface area (Å²) in [5, 5.41) is 9.89. The van der Waals surface area contributed by atoms with Crippen LogP contribution in [0.2, 0.25) is 19.6 Å². The largest absolute Gasteiger partial charge is 0.397 e. The van der Waals surface area contributed by atoms with Crippen LogP contribution in [0.1, 0.15) is 63.6 Å². The second-order valence-electron chi connectivity index (χ2n) is 9.95. The van der Waals surface area contributed by atoms with Gasteiger partial charge in [0.15, 0.2) is 0 Å². The first-order valence-electron chi connectivity index (χ1n) is 11.7. The minimum Gasteiger partial charge on any atom is -0.397 e. The number of nitrogens with one attached hydrogen (secondary N) is 1. The van der Waals surface area contributed by atoms with Crippen molar-refractivity contribution in [3.05, 3.63) is 29.7 Å². The van der Waals surface area contributed by atoms with E-state index in [0.717, 1.165) is 42.9 Å². The van der Waals surface area contributed by atoms with E-state index in [4.69, 9.17) is 21.4 Å². The standard InChI is InChI=1S/C23H43N7OSi/c1-8-10-18(11-9-2)21-12-19(20(24)14-29(25)16-32(5,6)7)22-13-26-23(28-30(21)22)27-17(3)15-31-4/h12-14,17-18H,8-11,15-16,24-25H2,1-7H3,(H,27,28). The van der Waals surface area contributed by atoms with Gasteiger partial charge in [-0.2, -0.15) is 0 Å². The zero-order chi connectivity index (χ0) is 23.9. The van der Waals surface area contributed by atoms with Crippen LogP contribution in [0.3, 0.4) is 0 Å². The number of ether oxygens (including phenoxy) is 1. The van der Waals surface area contributed by atoms with Gasteiger partial charge < -0.3 is 20.8 Å². The van der Waals surface area contributed by atoms with Crippen LogP contribution in [0.4, 0.5) is 5.95 Å². The molecule has 180 valence electrons. The van der Waals surface area contributed by atoms with Crippen LogP contribution >= 0.6 is 0 Å². The van der Waals surface area contributed by atoms with E-state index >= 15 is 0 Å². The van der Waals surface area contributed by atoms with Crippen LogP contribution in [-0.2, 0) is 4.74 Å². The number of aromatic nitrogens is 3. The molecule has 9 heteroatoms. The molecular weight excluding hydrogens is 418 g/mol. The fourth-order valence-electron chi connectivity index (χ4n) is 4.09. The highest BCUT2D eigenvalue weighted by molar-refractivity contribution is 6.76. The Morgan fingerprint density at radius 2 is 1.94 bits per heavy atom. The molecule has 2 heterocycles. The highest BCUT2D eigenvalue weighted by Gasteiger charge is 2.21. The summed E-state index contributed by atoms with van der Waals surface area (Å²) in [5.74, 6) is 7.26. The minimum absolute atomic E-state index is 0.107. The van der Waals surface area contributed by atoms with E-state index in [1.54, 1.807) is 12.1 Å². The fourth-order valence-corrected chi connectivity index (χ4v) is 5.28. The van der Waals surface area contributed by atoms with Gasteiger partial charge in [-0.25, -0.2) is 15.3 Å². The molecule has 0 aromatic carbocycles. The van der Waals surface area contributed by atoms with E-state index in [-0.39, 0.29) is 6.04 Å². The first-order chi connectivity index (χ1) is 15.1. The minimum atomic E-state index is -1.35. The summed E-state index contributed by atoms with van der Waals surface area (Å²) in [6.45, 7) is 13.9. The van der Waals surface area contributed by atoms with Crippen molar-refractivity contribution in [3.63, 3.8) is 0 Å². The van der Waals surface area contributed by atoms with Crippen LogP contribution in [0.15, 0.2) is 18.5 Å². The van der Waals surface area contributed by atoms with Crippen LogP contribution in [0.25, 0.3) is 11.2 Å². The van der Waals surface area contributed by atoms with E-state index in [9.17, 15) is 0 Å². The van der Waals surface area contributed by atoms with E-state index in [1.807, 2.05) is 23.8 Å². The molecule has 0 radical (unpaired) electrons. The van der Waals surface area contributed by atoms with E-state index in [1.165, 1.54) is 5.69 Å². The SMILES string of the molecule is CCCC(CCC)c1cc(C(N)=CN(N)C[Si](C)(C)C)c2cnc(NC(C)COC)nn12. The zero-order valence-corrected chi connectivity index (χ0v) is 22.0. The van der Waals surface area contributed by atoms with Crippen molar-refractivity contribution < 1.29 is 4.74 Å². The number of fused-ring (bicyclic) bond motifs is 1. The molecule has 0 saturated carbocycles. The van der Waals surface area contributed by atoms with E-state index < -0.39 is 8.07 Å². The van der Waals surface area contributed by atoms with Crippen molar-refractivity contribution in [1.29, 1.82) is 0 Å². The first kappa shape index (κ1) is 26.2. The molecule has 2 aromatic heterocycles. The summed E-state index contributed by atoms with van der Waals surface area (Å²) < 4.78 is 7.25. The normalized spacial score (nSPS) is 13.7. The van der Waals surface area contributed by atoms with Crippen LogP contribution in [-0.4, -0.2) is 53.6 Å². The molecule has 2 aromatic rings. The van der Waals surface area contributed by atoms with Gasteiger partial charge >= 0.3 is 0 Å². The fraction of sp³-hybridized carbons (Fsp3) is 0.652. The molecule has 0 fully saturated rings. The van der Waals surface area contributed by atoms with Crippen LogP contribution in [0, 0.1) is 0 Å². The van der Waals surface area contributed by atoms with Gasteiger partial charge in [-0.15, -0.1) is 5.10 Å². The molecule has 0 aliphatic heterocycles. The molecule has 0 spiro atoms. The van der Waals surface area contributed by atoms with Gasteiger partial charge in [0, 0.05) is 42.7 Å². The molecule has 0 aliphatic carbocycles. The zero-order valence-electron chi connectivity index (χ0n) is 21.0. The number of hydrogen-bond acceptors (Lipinski definition) is 7. The van der Waals surface area contributed by atoms with E-state index in [0.29, 0.717) is 24.2 Å². The second kappa shape index (κ2) is 11.7. The highest BCUT2D eigenvalue weighted by Crippen LogP contribution is 2.31. The van der Waals surface area contributed by atoms with Gasteiger partial charge in [0.25, 0.3) is 0 Å². The third kappa shape index (κ3) is 7.21. The lowest BCUT2D eigenvalue weighted by atomic mass is 9.94. The number of nitrogens with zero attached hydrogens (tertiary/aromatic N) is 4. The monoisotopic (exact) mass is 461 g/mol. The number of hydrazine groups is 1. The van der Waals surface area contributed by atoms with Crippen molar-refractivity contribution >= 4 is 25.2 Å². The van der Waals surface area contributed by atoms with E-state index in [2.05, 4.69) is 49.9 Å². The summed E-state index contributed by atoms with van der Waals surface area (Å²) in [4.78, 5) is 4.56. The predicted octanol–water partition coefficient (Wildman–Crippen LogP) is 4.17. The lowest BCUT2D eigenvalue weighted by Crippen LogP contribution is -2.41. The van der Waals surface area contributed by atoms with Crippen molar-refractivity contribution in [2.75, 3.05) is 25.2 Å². The lowest BCUT2D eigenvalue weighted by molar-refractivity contribution is 0.190. The Morgan fingerprint density at radius 3 is 2.50 bits per heavy atom. The summed E-state index contributed by atoms with van der Waals surface area (Å²) in [6.07, 6.45) is 8.98. The number of nitrogens with two attached hydrogens (primary N) is 2. The van der Waals surface area contributed by atoms with Crippen molar-refractivity contribution in [2.45, 2.75) is 78.1 Å². The smallest absolute Gasteiger partial charge is 0.241 e. The molecule has 2 rings (SSSR count). The Balaban J connectivity index is 2.53. The topological polar surface area (TPSA) is 107 Å². The maximum atomic E-state index is 6.55. The van der Waals surface area contributed by atoms with Gasteiger partial charge in [0.1, 0.15) is 0 Å². The van der Waals surface area contributed by atoms with Crippen LogP contribution < -0.4 is 16.9 Å². The summed E-state index contributed by atoms with van der Waals surface area (Å²) in [6, 6.07) is 2.28. The van der Waals surface area contributed by atoms with Gasteiger partial charge in [-0.3, -0.25) is 0 Å². The van der Waals surface area contributed by atoms with Gasteiger partial charge in [0.2, 0.25) is 5.95 Å². The number of rotatable bonds is 13. The Labute approximate surface area is 194 Å². The molecule has 0 bridgehead atoms. The third-order valence-corrected chi connectivity index (χ3v) is 6.62. The third-order valence-electron chi connectivity index (χ3n) is 5.30. The van der Waals surface area contributed by atoms with Crippen molar-refractivity contribution in [2.24, 2.45) is 11.6 Å². The summed E-state index contributed by atoms with van der Waals surface area (Å²) in [7, 11) is 0.337. The van der Waals surface area contributed by atoms with Gasteiger partial charge in [0.05, 0.1) is 32.1 Å². The van der Waals surface area contributed by atoms with Crippen molar-refractivity contribution in [3.8, 4) is 0 Å². The summed E-state index contributed by atoms with van der Waals surface area (Å²) in [5.41, 5.74) is 10.2. The molecule has 32 heavy (non-hydrogen) atoms. The Kier molecular flexibility index (Phi) is 9.54. The predicted molar refractivity (Wildman–Crippen MR) is 137 cm³/mol. The molecule has 1 atom stereocenters. The molecular formula is C23H43N7OSi. The molecule has 5 N–H and O–H groups in total. The number of methoxy groups -OCH3 is 1. The molecule has 0 aliphatic rings. The van der Waals surface area contributed by atoms with Crippen molar-refractivity contribution in [1.82, 2.24) is 19.6 Å². The Hall–Kier alpha value is -2.10. The number of hydrogen-bond donors (Lipinski definition) is 3. The number of anilines is 1. The van der Waals surface area contributed by atoms with Gasteiger partial charge in [-0.1, -0.05) is 46.3 Å². The molecule has 0 saturated heterocycles. The maximum absolute atomic E-state index is 6.55. The Bertz CT molecular complexity index is 884. The molecule has 0 amide bonds. The first-order valence-corrected chi connectivity index (χ1v) is 15.4. The molecule has 1 unspecified atom stereocenters. The second-order valence-corrected chi connectivity index (χ2v) is 15.4. The quantitative estimate of drug-likeness (QED) is 0.233.